The van der Waals surface area contributed by atoms with Crippen LogP contribution in [0.2, 0.25) is 0 Å². The number of benzene rings is 2. The quantitative estimate of drug-likeness (QED) is 0.243. The van der Waals surface area contributed by atoms with E-state index in [2.05, 4.69) is 15.3 Å². The molecule has 0 aliphatic carbocycles. The summed E-state index contributed by atoms with van der Waals surface area (Å²) in [4.78, 5) is 40.4. The lowest BCUT2D eigenvalue weighted by Gasteiger charge is -2.23. The molecule has 0 aliphatic heterocycles. The number of aromatic amines is 1. The molecule has 1 atom stereocenters. The van der Waals surface area contributed by atoms with Crippen molar-refractivity contribution in [2.24, 2.45) is 0 Å². The van der Waals surface area contributed by atoms with Gasteiger partial charge in [-0.1, -0.05) is 12.1 Å². The van der Waals surface area contributed by atoms with Gasteiger partial charge >= 0.3 is 24.5 Å². The molecular formula is C26H16F9N3O4. The molecule has 2 heterocycles. The number of amides is 1. The Kier molecular flexibility index (Phi) is 8.98. The molecule has 0 bridgehead atoms. The number of fused-ring (bicyclic) bond motifs is 1. The zero-order valence-corrected chi connectivity index (χ0v) is 20.5. The fourth-order valence-electron chi connectivity index (χ4n) is 3.59. The van der Waals surface area contributed by atoms with Gasteiger partial charge in [0.1, 0.15) is 0 Å². The molecule has 4 aromatic rings. The predicted molar refractivity (Wildman–Crippen MR) is 128 cm³/mol. The second kappa shape index (κ2) is 11.9. The van der Waals surface area contributed by atoms with Gasteiger partial charge in [0.2, 0.25) is 0 Å². The van der Waals surface area contributed by atoms with E-state index in [0.717, 1.165) is 30.5 Å². The van der Waals surface area contributed by atoms with E-state index in [1.54, 1.807) is 0 Å². The molecule has 4 rings (SSSR count). The number of halogens is 9. The summed E-state index contributed by atoms with van der Waals surface area (Å²) in [5, 5.41) is 9.86. The normalized spacial score (nSPS) is 12.7. The number of aromatic nitrogens is 2. The van der Waals surface area contributed by atoms with Crippen LogP contribution in [0.5, 0.6) is 0 Å². The minimum Gasteiger partial charge on any atom is -0.475 e. The Bertz CT molecular complexity index is 1640. The molecule has 7 nitrogen and oxygen atoms in total. The molecule has 0 unspecified atom stereocenters. The summed E-state index contributed by atoms with van der Waals surface area (Å²) in [6.45, 7) is 0. The average molecular weight is 605 g/mol. The number of rotatable bonds is 4. The van der Waals surface area contributed by atoms with Crippen LogP contribution in [0.25, 0.3) is 10.9 Å². The molecule has 2 aromatic carbocycles. The lowest BCUT2D eigenvalue weighted by molar-refractivity contribution is -0.192. The van der Waals surface area contributed by atoms with Crippen molar-refractivity contribution in [3.63, 3.8) is 0 Å². The van der Waals surface area contributed by atoms with Crippen LogP contribution >= 0.6 is 0 Å². The van der Waals surface area contributed by atoms with E-state index >= 15 is 0 Å². The second-order valence-corrected chi connectivity index (χ2v) is 8.37. The first-order valence-corrected chi connectivity index (χ1v) is 11.3. The number of carbonyl (C=O) groups excluding carboxylic acids is 1. The third-order valence-electron chi connectivity index (χ3n) is 5.53. The Balaban J connectivity index is 0.000000616. The molecule has 0 saturated carbocycles. The summed E-state index contributed by atoms with van der Waals surface area (Å²) in [5.41, 5.74) is -2.72. The molecule has 16 heteroatoms. The van der Waals surface area contributed by atoms with Gasteiger partial charge in [-0.25, -0.2) is 4.79 Å². The molecule has 0 saturated heterocycles. The highest BCUT2D eigenvalue weighted by atomic mass is 19.4. The Morgan fingerprint density at radius 2 is 1.48 bits per heavy atom. The Labute approximate surface area is 228 Å². The highest BCUT2D eigenvalue weighted by Gasteiger charge is 2.39. The summed E-state index contributed by atoms with van der Waals surface area (Å²) in [7, 11) is 0. The van der Waals surface area contributed by atoms with Crippen molar-refractivity contribution in [3.05, 3.63) is 111 Å². The number of carbonyl (C=O) groups is 2. The van der Waals surface area contributed by atoms with Crippen molar-refractivity contribution in [2.45, 2.75) is 24.6 Å². The van der Waals surface area contributed by atoms with E-state index in [-0.39, 0.29) is 16.6 Å². The number of pyridine rings is 2. The third-order valence-corrected chi connectivity index (χ3v) is 5.53. The van der Waals surface area contributed by atoms with Crippen LogP contribution in [0.3, 0.4) is 0 Å². The lowest BCUT2D eigenvalue weighted by Crippen LogP contribution is -2.31. The standard InChI is InChI=1S/C24H15F6N3O2.C2HF3O2/c25-23(26,27)15-6-3-13(4-7-15)20(21-17(24(28,29)30)2-1-10-32-21)33-22(35)14-5-8-16-18(12-14)31-11-9-19(16)34;3-2(4,5)1(6)7/h1-12,20H,(H,31,34)(H,33,35);(H,6,7)/t20-;/m0./s1. The Hall–Kier alpha value is -4.89. The van der Waals surface area contributed by atoms with Gasteiger partial charge in [-0.05, 0) is 48.0 Å². The number of nitrogens with one attached hydrogen (secondary N) is 2. The van der Waals surface area contributed by atoms with Crippen molar-refractivity contribution in [1.82, 2.24) is 15.3 Å². The average Bonchev–Trinajstić information content (AvgIpc) is 2.90. The molecule has 42 heavy (non-hydrogen) atoms. The molecule has 3 N–H and O–H groups in total. The maximum Gasteiger partial charge on any atom is 0.490 e. The number of hydrogen-bond donors (Lipinski definition) is 3. The van der Waals surface area contributed by atoms with Gasteiger partial charge in [0.25, 0.3) is 5.91 Å². The van der Waals surface area contributed by atoms with Crippen LogP contribution < -0.4 is 10.7 Å². The van der Waals surface area contributed by atoms with E-state index in [4.69, 9.17) is 9.90 Å². The largest absolute Gasteiger partial charge is 0.490 e. The van der Waals surface area contributed by atoms with E-state index < -0.39 is 53.3 Å². The topological polar surface area (TPSA) is 112 Å². The Morgan fingerprint density at radius 3 is 2.02 bits per heavy atom. The van der Waals surface area contributed by atoms with Gasteiger partial charge in [0, 0.05) is 29.4 Å². The predicted octanol–water partition coefficient (Wildman–Crippen LogP) is 6.11. The molecular weight excluding hydrogens is 589 g/mol. The highest BCUT2D eigenvalue weighted by Crippen LogP contribution is 2.36. The number of carboxylic acid groups (broad SMARTS) is 1. The number of alkyl halides is 9. The minimum atomic E-state index is -5.08. The van der Waals surface area contributed by atoms with Crippen LogP contribution in [-0.4, -0.2) is 33.1 Å². The molecule has 1 amide bonds. The smallest absolute Gasteiger partial charge is 0.475 e. The van der Waals surface area contributed by atoms with Crippen molar-refractivity contribution in [1.29, 1.82) is 0 Å². The molecule has 0 spiro atoms. The van der Waals surface area contributed by atoms with Crippen molar-refractivity contribution < 1.29 is 54.2 Å². The van der Waals surface area contributed by atoms with Gasteiger partial charge in [-0.2, -0.15) is 39.5 Å². The first-order valence-electron chi connectivity index (χ1n) is 11.3. The van der Waals surface area contributed by atoms with Crippen LogP contribution in [0.4, 0.5) is 39.5 Å². The Morgan fingerprint density at radius 1 is 0.857 bits per heavy atom. The molecule has 0 radical (unpaired) electrons. The van der Waals surface area contributed by atoms with Gasteiger partial charge in [0.15, 0.2) is 5.43 Å². The maximum absolute atomic E-state index is 13.7. The summed E-state index contributed by atoms with van der Waals surface area (Å²) in [5.74, 6) is -3.58. The summed E-state index contributed by atoms with van der Waals surface area (Å²) in [6, 6.07) is 9.06. The van der Waals surface area contributed by atoms with Gasteiger partial charge < -0.3 is 15.4 Å². The van der Waals surface area contributed by atoms with Gasteiger partial charge in [-0.15, -0.1) is 0 Å². The van der Waals surface area contributed by atoms with E-state index in [1.807, 2.05) is 0 Å². The lowest BCUT2D eigenvalue weighted by atomic mass is 9.97. The van der Waals surface area contributed by atoms with E-state index in [1.165, 1.54) is 30.5 Å². The van der Waals surface area contributed by atoms with Crippen molar-refractivity contribution >= 4 is 22.8 Å². The molecule has 222 valence electrons. The zero-order valence-electron chi connectivity index (χ0n) is 20.5. The molecule has 0 aliphatic rings. The monoisotopic (exact) mass is 605 g/mol. The minimum absolute atomic E-state index is 0.0146. The fourth-order valence-corrected chi connectivity index (χ4v) is 3.59. The SMILES string of the molecule is O=C(N[C@@H](c1ccc(C(F)(F)F)cc1)c1ncccc1C(F)(F)F)c1ccc2c(=O)cc[nH]c2c1.O=C(O)C(F)(F)F. The molecule has 0 fully saturated rings. The number of carboxylic acids is 1. The van der Waals surface area contributed by atoms with Gasteiger partial charge in [-0.3, -0.25) is 14.6 Å². The number of hydrogen-bond acceptors (Lipinski definition) is 4. The zero-order chi connectivity index (χ0) is 31.5. The summed E-state index contributed by atoms with van der Waals surface area (Å²) < 4.78 is 112. The van der Waals surface area contributed by atoms with Crippen molar-refractivity contribution in [2.75, 3.05) is 0 Å². The summed E-state index contributed by atoms with van der Waals surface area (Å²) in [6.07, 6.45) is -12.1. The van der Waals surface area contributed by atoms with E-state index in [9.17, 15) is 49.1 Å². The maximum atomic E-state index is 13.7. The van der Waals surface area contributed by atoms with Crippen molar-refractivity contribution in [3.8, 4) is 0 Å². The number of aliphatic carboxylic acids is 1. The second-order valence-electron chi connectivity index (χ2n) is 8.37. The number of nitrogens with zero attached hydrogens (tertiary/aromatic N) is 1. The summed E-state index contributed by atoms with van der Waals surface area (Å²) >= 11 is 0. The number of H-pyrrole nitrogens is 1. The van der Waals surface area contributed by atoms with Crippen LogP contribution in [0.15, 0.2) is 77.9 Å². The third kappa shape index (κ3) is 7.64. The van der Waals surface area contributed by atoms with E-state index in [0.29, 0.717) is 23.0 Å². The van der Waals surface area contributed by atoms with Crippen LogP contribution in [-0.2, 0) is 17.1 Å². The first-order chi connectivity index (χ1) is 19.4. The molecule has 2 aromatic heterocycles. The fraction of sp³-hybridized carbons (Fsp3) is 0.154. The van der Waals surface area contributed by atoms with Crippen LogP contribution in [0, 0.1) is 0 Å². The highest BCUT2D eigenvalue weighted by molar-refractivity contribution is 5.98. The van der Waals surface area contributed by atoms with Crippen LogP contribution in [0.1, 0.15) is 38.8 Å². The van der Waals surface area contributed by atoms with Gasteiger partial charge in [0.05, 0.1) is 28.4 Å². The first kappa shape index (κ1) is 31.6.